The smallest absolute Gasteiger partial charge is 0.220 e. The Bertz CT molecular complexity index is 384. The average molecular weight is 291 g/mol. The minimum absolute atomic E-state index is 0.0140. The maximum atomic E-state index is 12.5. The maximum absolute atomic E-state index is 12.5. The van der Waals surface area contributed by atoms with Crippen molar-refractivity contribution in [3.05, 3.63) is 0 Å². The van der Waals surface area contributed by atoms with Gasteiger partial charge in [-0.15, -0.1) is 0 Å². The van der Waals surface area contributed by atoms with Crippen LogP contribution in [0.15, 0.2) is 0 Å². The normalized spacial score (nSPS) is 48.3. The van der Waals surface area contributed by atoms with Gasteiger partial charge in [0.15, 0.2) is 0 Å². The first-order valence-electron chi connectivity index (χ1n) is 9.09. The van der Waals surface area contributed by atoms with E-state index in [1.165, 1.54) is 38.5 Å². The van der Waals surface area contributed by atoms with Crippen molar-refractivity contribution in [1.82, 2.24) is 5.32 Å². The summed E-state index contributed by atoms with van der Waals surface area (Å²) in [7, 11) is 0. The van der Waals surface area contributed by atoms with Crippen LogP contribution in [-0.4, -0.2) is 23.2 Å². The lowest BCUT2D eigenvalue weighted by atomic mass is 9.49. The van der Waals surface area contributed by atoms with Crippen LogP contribution in [0.1, 0.15) is 70.6 Å². The first-order chi connectivity index (χ1) is 10.1. The van der Waals surface area contributed by atoms with Crippen molar-refractivity contribution < 1.29 is 9.90 Å². The highest BCUT2D eigenvalue weighted by molar-refractivity contribution is 5.77. The monoisotopic (exact) mass is 291 g/mol. The van der Waals surface area contributed by atoms with Crippen LogP contribution in [0.3, 0.4) is 0 Å². The molecule has 4 bridgehead atoms. The van der Waals surface area contributed by atoms with Crippen LogP contribution in [-0.2, 0) is 4.79 Å². The van der Waals surface area contributed by atoms with E-state index in [2.05, 4.69) is 5.32 Å². The van der Waals surface area contributed by atoms with Crippen molar-refractivity contribution in [2.45, 2.75) is 82.8 Å². The molecule has 0 aliphatic heterocycles. The average Bonchev–Trinajstić information content (AvgIpc) is 2.39. The van der Waals surface area contributed by atoms with Gasteiger partial charge < -0.3 is 10.4 Å². The fourth-order valence-electron chi connectivity index (χ4n) is 6.38. The van der Waals surface area contributed by atoms with Gasteiger partial charge >= 0.3 is 0 Å². The molecule has 3 heteroatoms. The second kappa shape index (κ2) is 5.26. The number of amides is 1. The summed E-state index contributed by atoms with van der Waals surface area (Å²) in [5.74, 6) is 2.93. The molecule has 1 amide bonds. The van der Waals surface area contributed by atoms with Gasteiger partial charge in [-0.1, -0.05) is 12.8 Å². The second-order valence-electron chi connectivity index (χ2n) is 8.62. The van der Waals surface area contributed by atoms with Gasteiger partial charge in [-0.2, -0.15) is 0 Å². The van der Waals surface area contributed by atoms with Gasteiger partial charge in [-0.25, -0.2) is 0 Å². The lowest BCUT2D eigenvalue weighted by molar-refractivity contribution is -0.131. The number of aliphatic hydroxyl groups is 1. The van der Waals surface area contributed by atoms with Crippen molar-refractivity contribution in [2.75, 3.05) is 0 Å². The molecule has 5 aliphatic carbocycles. The van der Waals surface area contributed by atoms with Crippen molar-refractivity contribution in [3.63, 3.8) is 0 Å². The predicted molar refractivity (Wildman–Crippen MR) is 81.6 cm³/mol. The summed E-state index contributed by atoms with van der Waals surface area (Å²) in [6.07, 6.45) is 12.6. The highest BCUT2D eigenvalue weighted by atomic mass is 16.3. The minimum Gasteiger partial charge on any atom is -0.391 e. The van der Waals surface area contributed by atoms with Gasteiger partial charge in [0.1, 0.15) is 0 Å². The molecule has 21 heavy (non-hydrogen) atoms. The Morgan fingerprint density at radius 1 is 1.00 bits per heavy atom. The molecular weight excluding hydrogens is 262 g/mol. The third-order valence-corrected chi connectivity index (χ3v) is 6.78. The number of aliphatic hydroxyl groups excluding tert-OH is 1. The summed E-state index contributed by atoms with van der Waals surface area (Å²) in [5.41, 5.74) is 0.318. The first kappa shape index (κ1) is 14.0. The fourth-order valence-corrected chi connectivity index (χ4v) is 6.38. The third-order valence-electron chi connectivity index (χ3n) is 6.78. The van der Waals surface area contributed by atoms with Crippen LogP contribution in [0.4, 0.5) is 0 Å². The summed E-state index contributed by atoms with van der Waals surface area (Å²) in [5, 5.41) is 13.2. The van der Waals surface area contributed by atoms with Crippen LogP contribution in [0, 0.1) is 23.2 Å². The Morgan fingerprint density at radius 2 is 1.57 bits per heavy atom. The van der Waals surface area contributed by atoms with Crippen LogP contribution < -0.4 is 5.32 Å². The molecule has 5 rings (SSSR count). The zero-order valence-electron chi connectivity index (χ0n) is 13.0. The molecule has 3 nitrogen and oxygen atoms in total. The molecule has 5 aliphatic rings. The van der Waals surface area contributed by atoms with E-state index in [-0.39, 0.29) is 18.1 Å². The molecule has 0 saturated heterocycles. The van der Waals surface area contributed by atoms with E-state index in [1.807, 2.05) is 0 Å². The zero-order chi connectivity index (χ0) is 14.4. The van der Waals surface area contributed by atoms with E-state index in [0.29, 0.717) is 5.41 Å². The molecular formula is C18H29NO2. The first-order valence-corrected chi connectivity index (χ1v) is 9.09. The van der Waals surface area contributed by atoms with E-state index in [4.69, 9.17) is 0 Å². The van der Waals surface area contributed by atoms with E-state index in [9.17, 15) is 9.90 Å². The molecule has 0 aromatic rings. The zero-order valence-corrected chi connectivity index (χ0v) is 13.0. The number of nitrogens with one attached hydrogen (secondary N) is 1. The minimum atomic E-state index is -0.320. The molecule has 0 aromatic carbocycles. The predicted octanol–water partition coefficient (Wildman–Crippen LogP) is 3.01. The molecule has 0 heterocycles. The maximum Gasteiger partial charge on any atom is 0.220 e. The Kier molecular flexibility index (Phi) is 3.52. The molecule has 5 saturated carbocycles. The van der Waals surface area contributed by atoms with E-state index in [0.717, 1.165) is 49.9 Å². The van der Waals surface area contributed by atoms with Crippen molar-refractivity contribution >= 4 is 5.91 Å². The molecule has 0 radical (unpaired) electrons. The third kappa shape index (κ3) is 2.74. The topological polar surface area (TPSA) is 49.3 Å². The summed E-state index contributed by atoms with van der Waals surface area (Å²) in [6.45, 7) is 0. The SMILES string of the molecule is O=C(CC12CC3CC(CC(C3)C1)C2)N[C@H]1CCCC[C@@H]1O. The largest absolute Gasteiger partial charge is 0.391 e. The fraction of sp³-hybridized carbons (Fsp3) is 0.944. The lowest BCUT2D eigenvalue weighted by Crippen LogP contribution is -2.50. The summed E-state index contributed by atoms with van der Waals surface area (Å²) in [4.78, 5) is 12.5. The summed E-state index contributed by atoms with van der Waals surface area (Å²) >= 11 is 0. The van der Waals surface area contributed by atoms with E-state index < -0.39 is 0 Å². The Hall–Kier alpha value is -0.570. The van der Waals surface area contributed by atoms with E-state index in [1.54, 1.807) is 0 Å². The summed E-state index contributed by atoms with van der Waals surface area (Å²) in [6, 6.07) is 0.0140. The highest BCUT2D eigenvalue weighted by Gasteiger charge is 2.51. The number of carbonyl (C=O) groups excluding carboxylic acids is 1. The molecule has 0 spiro atoms. The van der Waals surface area contributed by atoms with Gasteiger partial charge in [0.05, 0.1) is 12.1 Å². The number of carbonyl (C=O) groups is 1. The molecule has 0 unspecified atom stereocenters. The van der Waals surface area contributed by atoms with Gasteiger partial charge in [0.2, 0.25) is 5.91 Å². The summed E-state index contributed by atoms with van der Waals surface area (Å²) < 4.78 is 0. The van der Waals surface area contributed by atoms with Gasteiger partial charge in [-0.3, -0.25) is 4.79 Å². The van der Waals surface area contributed by atoms with E-state index >= 15 is 0 Å². The van der Waals surface area contributed by atoms with Crippen LogP contribution in [0.2, 0.25) is 0 Å². The van der Waals surface area contributed by atoms with Crippen LogP contribution >= 0.6 is 0 Å². The van der Waals surface area contributed by atoms with Crippen LogP contribution in [0.5, 0.6) is 0 Å². The van der Waals surface area contributed by atoms with Gasteiger partial charge in [0, 0.05) is 6.42 Å². The number of hydrogen-bond acceptors (Lipinski definition) is 2. The number of hydrogen-bond donors (Lipinski definition) is 2. The second-order valence-corrected chi connectivity index (χ2v) is 8.62. The standard InChI is InChI=1S/C18H29NO2/c20-16-4-2-1-3-15(16)19-17(21)11-18-8-12-5-13(9-18)7-14(6-12)10-18/h12-16,20H,1-11H2,(H,19,21)/t12?,13?,14?,15-,16-,18?/m0/s1. The molecule has 5 fully saturated rings. The Balaban J connectivity index is 1.38. The molecule has 0 aromatic heterocycles. The van der Waals surface area contributed by atoms with Crippen molar-refractivity contribution in [3.8, 4) is 0 Å². The lowest BCUT2D eigenvalue weighted by Gasteiger charge is -2.56. The quantitative estimate of drug-likeness (QED) is 0.840. The van der Waals surface area contributed by atoms with Crippen molar-refractivity contribution in [1.29, 1.82) is 0 Å². The van der Waals surface area contributed by atoms with Gasteiger partial charge in [0.25, 0.3) is 0 Å². The number of rotatable bonds is 3. The van der Waals surface area contributed by atoms with Crippen LogP contribution in [0.25, 0.3) is 0 Å². The Labute approximate surface area is 127 Å². The molecule has 118 valence electrons. The highest BCUT2D eigenvalue weighted by Crippen LogP contribution is 2.61. The van der Waals surface area contributed by atoms with Crippen molar-refractivity contribution in [2.24, 2.45) is 23.2 Å². The molecule has 2 N–H and O–H groups in total. The van der Waals surface area contributed by atoms with Gasteiger partial charge in [-0.05, 0) is 74.5 Å². The Morgan fingerprint density at radius 3 is 2.14 bits per heavy atom. The molecule has 2 atom stereocenters.